The van der Waals surface area contributed by atoms with Crippen LogP contribution in [-0.4, -0.2) is 24.0 Å². The Bertz CT molecular complexity index is 828. The molecule has 1 heterocycles. The summed E-state index contributed by atoms with van der Waals surface area (Å²) < 4.78 is 0. The van der Waals surface area contributed by atoms with Crippen molar-refractivity contribution in [3.05, 3.63) is 58.4 Å². The van der Waals surface area contributed by atoms with Gasteiger partial charge in [-0.05, 0) is 44.2 Å². The quantitative estimate of drug-likeness (QED) is 0.501. The number of aromatic nitrogens is 1. The molecule has 0 bridgehead atoms. The van der Waals surface area contributed by atoms with Gasteiger partial charge in [0, 0.05) is 31.2 Å². The Balaban J connectivity index is 0.00000204. The highest BCUT2D eigenvalue weighted by molar-refractivity contribution is 7.14. The zero-order valence-electron chi connectivity index (χ0n) is 20.2. The van der Waals surface area contributed by atoms with Crippen LogP contribution in [0.15, 0.2) is 52.8 Å². The fourth-order valence-electron chi connectivity index (χ4n) is 3.16. The van der Waals surface area contributed by atoms with E-state index >= 15 is 0 Å². The van der Waals surface area contributed by atoms with Crippen molar-refractivity contribution >= 4 is 16.5 Å². The molecule has 0 N–H and O–H groups in total. The van der Waals surface area contributed by atoms with E-state index in [1.807, 2.05) is 13.8 Å². The normalized spacial score (nSPS) is 10.6. The van der Waals surface area contributed by atoms with Gasteiger partial charge < -0.3 is 9.80 Å². The molecule has 0 radical (unpaired) electrons. The van der Waals surface area contributed by atoms with Gasteiger partial charge in [-0.15, -0.1) is 11.3 Å². The Morgan fingerprint density at radius 3 is 1.97 bits per heavy atom. The molecule has 0 unspecified atom stereocenters. The van der Waals surface area contributed by atoms with Crippen molar-refractivity contribution in [2.24, 2.45) is 0 Å². The van der Waals surface area contributed by atoms with Gasteiger partial charge in [0.25, 0.3) is 0 Å². The van der Waals surface area contributed by atoms with Gasteiger partial charge in [-0.1, -0.05) is 64.5 Å². The molecule has 2 aromatic rings. The van der Waals surface area contributed by atoms with Crippen molar-refractivity contribution < 1.29 is 0 Å². The minimum Gasteiger partial charge on any atom is -0.338 e. The number of allylic oxidation sites excluding steroid dienone is 2. The first kappa shape index (κ1) is 25.0. The third kappa shape index (κ3) is 6.74. The van der Waals surface area contributed by atoms with Crippen LogP contribution in [0.4, 0.5) is 5.13 Å². The van der Waals surface area contributed by atoms with Crippen LogP contribution in [0.25, 0.3) is 11.3 Å². The van der Waals surface area contributed by atoms with E-state index in [0.717, 1.165) is 22.2 Å². The smallest absolute Gasteiger partial charge is 0.191 e. The lowest BCUT2D eigenvalue weighted by molar-refractivity contribution is 0.536. The molecule has 4 heteroatoms. The lowest BCUT2D eigenvalue weighted by Gasteiger charge is -2.28. The molecular weight excluding hydrogens is 374 g/mol. The van der Waals surface area contributed by atoms with Crippen molar-refractivity contribution in [3.8, 4) is 11.3 Å². The molecule has 0 saturated carbocycles. The second kappa shape index (κ2) is 10.6. The largest absolute Gasteiger partial charge is 0.338 e. The molecule has 0 atom stereocenters. The summed E-state index contributed by atoms with van der Waals surface area (Å²) in [6.45, 7) is 19.2. The summed E-state index contributed by atoms with van der Waals surface area (Å²) >= 11 is 1.68. The molecular formula is C25H39N3S. The van der Waals surface area contributed by atoms with E-state index in [1.165, 1.54) is 16.7 Å². The second-order valence-corrected chi connectivity index (χ2v) is 9.38. The number of nitrogens with zero attached hydrogens (tertiary/aromatic N) is 3. The molecule has 1 aromatic carbocycles. The fraction of sp³-hybridized carbons (Fsp3) is 0.480. The zero-order valence-corrected chi connectivity index (χ0v) is 21.0. The Morgan fingerprint density at radius 2 is 1.52 bits per heavy atom. The van der Waals surface area contributed by atoms with Crippen LogP contribution >= 0.6 is 11.3 Å². The van der Waals surface area contributed by atoms with E-state index in [9.17, 15) is 0 Å². The number of hydrogen-bond acceptors (Lipinski definition) is 4. The summed E-state index contributed by atoms with van der Waals surface area (Å²) in [6, 6.07) is 8.78. The molecule has 0 saturated heterocycles. The fourth-order valence-corrected chi connectivity index (χ4v) is 3.96. The van der Waals surface area contributed by atoms with Crippen LogP contribution < -0.4 is 4.90 Å². The predicted molar refractivity (Wildman–Crippen MR) is 132 cm³/mol. The third-order valence-corrected chi connectivity index (χ3v) is 5.29. The van der Waals surface area contributed by atoms with Crippen LogP contribution in [0.2, 0.25) is 0 Å². The highest BCUT2D eigenvalue weighted by atomic mass is 32.1. The highest BCUT2D eigenvalue weighted by Crippen LogP contribution is 2.31. The number of anilines is 1. The van der Waals surface area contributed by atoms with Crippen LogP contribution in [0, 0.1) is 0 Å². The maximum absolute atomic E-state index is 4.90. The van der Waals surface area contributed by atoms with Gasteiger partial charge in [-0.2, -0.15) is 0 Å². The topological polar surface area (TPSA) is 19.4 Å². The molecule has 0 fully saturated rings. The first-order valence-electron chi connectivity index (χ1n) is 10.4. The third-order valence-electron chi connectivity index (χ3n) is 4.38. The van der Waals surface area contributed by atoms with E-state index in [-0.39, 0.29) is 5.41 Å². The van der Waals surface area contributed by atoms with Crippen molar-refractivity contribution in [2.45, 2.75) is 67.7 Å². The highest BCUT2D eigenvalue weighted by Gasteiger charge is 2.17. The molecule has 0 aliphatic heterocycles. The van der Waals surface area contributed by atoms with Gasteiger partial charge in [0.15, 0.2) is 5.13 Å². The minimum absolute atomic E-state index is 0.167. The zero-order chi connectivity index (χ0) is 22.4. The number of rotatable bonds is 5. The summed E-state index contributed by atoms with van der Waals surface area (Å²) in [5, 5.41) is 3.14. The van der Waals surface area contributed by atoms with Gasteiger partial charge >= 0.3 is 0 Å². The summed E-state index contributed by atoms with van der Waals surface area (Å²) in [7, 11) is 4.18. The first-order valence-corrected chi connectivity index (χ1v) is 11.2. The average molecular weight is 414 g/mol. The summed E-state index contributed by atoms with van der Waals surface area (Å²) in [5.74, 6) is 1.15. The monoisotopic (exact) mass is 413 g/mol. The molecule has 2 rings (SSSR count). The van der Waals surface area contributed by atoms with E-state index in [2.05, 4.69) is 108 Å². The van der Waals surface area contributed by atoms with Gasteiger partial charge in [0.2, 0.25) is 0 Å². The Kier molecular flexibility index (Phi) is 9.15. The van der Waals surface area contributed by atoms with Crippen LogP contribution in [0.3, 0.4) is 0 Å². The minimum atomic E-state index is 0.167. The predicted octanol–water partition coefficient (Wildman–Crippen LogP) is 7.68. The Labute approximate surface area is 182 Å². The van der Waals surface area contributed by atoms with Crippen molar-refractivity contribution in [2.75, 3.05) is 19.0 Å². The van der Waals surface area contributed by atoms with Gasteiger partial charge in [-0.3, -0.25) is 0 Å². The van der Waals surface area contributed by atoms with Crippen LogP contribution in [0.1, 0.15) is 67.9 Å². The SMILES string of the molecule is CC.CC(C)=CN(C)C(=C(C)C)N(C)c1nc(-c2ccc(C(C)(C)C)cc2)cs1. The molecule has 0 amide bonds. The first-order chi connectivity index (χ1) is 13.5. The van der Waals surface area contributed by atoms with E-state index < -0.39 is 0 Å². The molecule has 160 valence electrons. The maximum atomic E-state index is 4.90. The second-order valence-electron chi connectivity index (χ2n) is 8.54. The standard InChI is InChI=1S/C23H33N3S.C2H6/c1-16(2)14-25(8)21(17(3)4)26(9)22-24-20(15-27-22)18-10-12-19(13-11-18)23(5,6)7;1-2/h10-15H,1-9H3;1-2H3. The molecule has 29 heavy (non-hydrogen) atoms. The molecule has 1 aromatic heterocycles. The number of benzene rings is 1. The number of hydrogen-bond donors (Lipinski definition) is 0. The van der Waals surface area contributed by atoms with Crippen LogP contribution in [-0.2, 0) is 5.41 Å². The molecule has 0 aliphatic carbocycles. The van der Waals surface area contributed by atoms with Crippen molar-refractivity contribution in [1.29, 1.82) is 0 Å². The lowest BCUT2D eigenvalue weighted by atomic mass is 9.86. The molecule has 0 aliphatic rings. The maximum Gasteiger partial charge on any atom is 0.191 e. The average Bonchev–Trinajstić information content (AvgIpc) is 3.12. The number of thiazole rings is 1. The molecule has 3 nitrogen and oxygen atoms in total. The summed E-state index contributed by atoms with van der Waals surface area (Å²) in [4.78, 5) is 9.24. The van der Waals surface area contributed by atoms with Gasteiger partial charge in [-0.25, -0.2) is 4.98 Å². The van der Waals surface area contributed by atoms with E-state index in [4.69, 9.17) is 4.98 Å². The van der Waals surface area contributed by atoms with E-state index in [1.54, 1.807) is 11.3 Å². The van der Waals surface area contributed by atoms with E-state index in [0.29, 0.717) is 0 Å². The van der Waals surface area contributed by atoms with Crippen molar-refractivity contribution in [1.82, 2.24) is 9.88 Å². The Hall–Kier alpha value is -2.07. The lowest BCUT2D eigenvalue weighted by Crippen LogP contribution is -2.28. The summed E-state index contributed by atoms with van der Waals surface area (Å²) in [5.41, 5.74) is 6.22. The summed E-state index contributed by atoms with van der Waals surface area (Å²) in [6.07, 6.45) is 2.15. The van der Waals surface area contributed by atoms with Crippen LogP contribution in [0.5, 0.6) is 0 Å². The Morgan fingerprint density at radius 1 is 0.966 bits per heavy atom. The molecule has 0 spiro atoms. The van der Waals surface area contributed by atoms with Crippen molar-refractivity contribution in [3.63, 3.8) is 0 Å². The van der Waals surface area contributed by atoms with Gasteiger partial charge in [0.05, 0.1) is 5.69 Å². The van der Waals surface area contributed by atoms with Gasteiger partial charge in [0.1, 0.15) is 5.82 Å².